The molecule has 0 aromatic heterocycles. The van der Waals surface area contributed by atoms with Gasteiger partial charge in [0.2, 0.25) is 0 Å². The monoisotopic (exact) mass is 210 g/mol. The average Bonchev–Trinajstić information content (AvgIpc) is 2.21. The smallest absolute Gasteiger partial charge is 0.315 e. The van der Waals surface area contributed by atoms with Crippen LogP contribution < -0.4 is 10.6 Å². The van der Waals surface area contributed by atoms with Crippen LogP contribution in [0.15, 0.2) is 0 Å². The van der Waals surface area contributed by atoms with Gasteiger partial charge < -0.3 is 10.6 Å². The van der Waals surface area contributed by atoms with Gasteiger partial charge in [-0.2, -0.15) is 0 Å². The normalized spacial score (nSPS) is 11.5. The lowest BCUT2D eigenvalue weighted by atomic mass is 10.1. The van der Waals surface area contributed by atoms with Crippen molar-refractivity contribution in [3.63, 3.8) is 0 Å². The fraction of sp³-hybridized carbons (Fsp3) is 0.750. The molecule has 0 unspecified atom stereocenters. The number of hydrogen-bond donors (Lipinski definition) is 2. The van der Waals surface area contributed by atoms with Gasteiger partial charge in [0.1, 0.15) is 0 Å². The SMILES string of the molecule is C#CCNC(=O)N[C@H](C)CCCCCC. The molecule has 0 aliphatic carbocycles. The maximum atomic E-state index is 11.2. The van der Waals surface area contributed by atoms with E-state index in [4.69, 9.17) is 6.42 Å². The first-order chi connectivity index (χ1) is 7.20. The Bertz CT molecular complexity index is 208. The van der Waals surface area contributed by atoms with Gasteiger partial charge in [-0.3, -0.25) is 0 Å². The van der Waals surface area contributed by atoms with Gasteiger partial charge in [0.25, 0.3) is 0 Å². The van der Waals surface area contributed by atoms with Crippen molar-refractivity contribution >= 4 is 6.03 Å². The highest BCUT2D eigenvalue weighted by Crippen LogP contribution is 2.04. The summed E-state index contributed by atoms with van der Waals surface area (Å²) in [4.78, 5) is 11.2. The maximum absolute atomic E-state index is 11.2. The summed E-state index contributed by atoms with van der Waals surface area (Å²) in [5.41, 5.74) is 0. The molecule has 2 amide bonds. The van der Waals surface area contributed by atoms with E-state index in [0.717, 1.165) is 6.42 Å². The van der Waals surface area contributed by atoms with E-state index in [1.165, 1.54) is 25.7 Å². The van der Waals surface area contributed by atoms with Crippen LogP contribution in [0.2, 0.25) is 0 Å². The minimum absolute atomic E-state index is 0.170. The van der Waals surface area contributed by atoms with Gasteiger partial charge in [0.05, 0.1) is 6.54 Å². The van der Waals surface area contributed by atoms with Crippen LogP contribution in [-0.2, 0) is 0 Å². The summed E-state index contributed by atoms with van der Waals surface area (Å²) in [5, 5.41) is 5.42. The van der Waals surface area contributed by atoms with Gasteiger partial charge >= 0.3 is 6.03 Å². The van der Waals surface area contributed by atoms with Crippen molar-refractivity contribution in [2.45, 2.75) is 52.0 Å². The predicted octanol–water partition coefficient (Wildman–Crippen LogP) is 2.28. The molecule has 0 radical (unpaired) electrons. The van der Waals surface area contributed by atoms with E-state index in [2.05, 4.69) is 23.5 Å². The number of nitrogens with one attached hydrogen (secondary N) is 2. The zero-order valence-corrected chi connectivity index (χ0v) is 9.81. The van der Waals surface area contributed by atoms with E-state index in [1.807, 2.05) is 6.92 Å². The van der Waals surface area contributed by atoms with Crippen molar-refractivity contribution in [3.8, 4) is 12.3 Å². The summed E-state index contributed by atoms with van der Waals surface area (Å²) in [6, 6.07) is 0.0515. The summed E-state index contributed by atoms with van der Waals surface area (Å²) in [5.74, 6) is 2.36. The highest BCUT2D eigenvalue weighted by Gasteiger charge is 2.05. The second kappa shape index (κ2) is 9.39. The summed E-state index contributed by atoms with van der Waals surface area (Å²) < 4.78 is 0. The van der Waals surface area contributed by atoms with Crippen LogP contribution in [0.1, 0.15) is 46.0 Å². The van der Waals surface area contributed by atoms with Crippen molar-refractivity contribution in [1.29, 1.82) is 0 Å². The summed E-state index contributed by atoms with van der Waals surface area (Å²) >= 11 is 0. The first-order valence-corrected chi connectivity index (χ1v) is 5.68. The van der Waals surface area contributed by atoms with Gasteiger partial charge in [-0.1, -0.05) is 38.5 Å². The zero-order valence-electron chi connectivity index (χ0n) is 9.81. The molecule has 0 spiro atoms. The average molecular weight is 210 g/mol. The molecule has 0 saturated carbocycles. The Labute approximate surface area is 93.0 Å². The van der Waals surface area contributed by atoms with Crippen molar-refractivity contribution in [1.82, 2.24) is 10.6 Å². The van der Waals surface area contributed by atoms with E-state index in [9.17, 15) is 4.79 Å². The van der Waals surface area contributed by atoms with Crippen molar-refractivity contribution in [2.24, 2.45) is 0 Å². The third-order valence-electron chi connectivity index (χ3n) is 2.22. The molecule has 0 heterocycles. The number of urea groups is 1. The lowest BCUT2D eigenvalue weighted by Crippen LogP contribution is -2.40. The molecular formula is C12H22N2O. The van der Waals surface area contributed by atoms with E-state index in [1.54, 1.807) is 0 Å². The molecule has 0 aromatic carbocycles. The van der Waals surface area contributed by atoms with E-state index < -0.39 is 0 Å². The second-order valence-electron chi connectivity index (χ2n) is 3.78. The highest BCUT2D eigenvalue weighted by molar-refractivity contribution is 5.74. The molecule has 0 aliphatic heterocycles. The molecule has 0 aliphatic rings. The number of rotatable bonds is 7. The number of amides is 2. The summed E-state index contributed by atoms with van der Waals surface area (Å²) in [6.45, 7) is 4.49. The molecule has 86 valence electrons. The number of hydrogen-bond acceptors (Lipinski definition) is 1. The third kappa shape index (κ3) is 9.14. The number of carbonyl (C=O) groups excluding carboxylic acids is 1. The Morgan fingerprint density at radius 1 is 1.40 bits per heavy atom. The molecular weight excluding hydrogens is 188 g/mol. The van der Waals surface area contributed by atoms with Crippen LogP contribution in [-0.4, -0.2) is 18.6 Å². The maximum Gasteiger partial charge on any atom is 0.315 e. The zero-order chi connectivity index (χ0) is 11.5. The number of carbonyl (C=O) groups is 1. The Balaban J connectivity index is 3.43. The molecule has 0 fully saturated rings. The van der Waals surface area contributed by atoms with E-state index in [0.29, 0.717) is 0 Å². The lowest BCUT2D eigenvalue weighted by Gasteiger charge is -2.13. The van der Waals surface area contributed by atoms with Gasteiger partial charge in [-0.15, -0.1) is 6.42 Å². The van der Waals surface area contributed by atoms with Crippen LogP contribution in [0.3, 0.4) is 0 Å². The van der Waals surface area contributed by atoms with Gasteiger partial charge in [-0.25, -0.2) is 4.79 Å². The minimum atomic E-state index is -0.170. The quantitative estimate of drug-likeness (QED) is 0.491. The minimum Gasteiger partial charge on any atom is -0.336 e. The van der Waals surface area contributed by atoms with Crippen LogP contribution in [0.25, 0.3) is 0 Å². The first-order valence-electron chi connectivity index (χ1n) is 5.68. The fourth-order valence-corrected chi connectivity index (χ4v) is 1.36. The number of terminal acetylenes is 1. The molecule has 3 nitrogen and oxygen atoms in total. The third-order valence-corrected chi connectivity index (χ3v) is 2.22. The Morgan fingerprint density at radius 2 is 2.13 bits per heavy atom. The molecule has 0 bridgehead atoms. The lowest BCUT2D eigenvalue weighted by molar-refractivity contribution is 0.238. The van der Waals surface area contributed by atoms with Crippen LogP contribution >= 0.6 is 0 Å². The van der Waals surface area contributed by atoms with E-state index in [-0.39, 0.29) is 18.6 Å². The Hall–Kier alpha value is -1.17. The van der Waals surface area contributed by atoms with Crippen LogP contribution in [0.4, 0.5) is 4.79 Å². The summed E-state index contributed by atoms with van der Waals surface area (Å²) in [7, 11) is 0. The first kappa shape index (κ1) is 13.8. The van der Waals surface area contributed by atoms with Crippen molar-refractivity contribution in [3.05, 3.63) is 0 Å². The topological polar surface area (TPSA) is 41.1 Å². The molecule has 3 heteroatoms. The van der Waals surface area contributed by atoms with Gasteiger partial charge in [0.15, 0.2) is 0 Å². The molecule has 0 saturated heterocycles. The largest absolute Gasteiger partial charge is 0.336 e. The standard InChI is InChI=1S/C12H22N2O/c1-4-6-7-8-9-11(3)14-12(15)13-10-5-2/h2,11H,4,6-10H2,1,3H3,(H2,13,14,15)/t11-/m1/s1. The second-order valence-corrected chi connectivity index (χ2v) is 3.78. The fourth-order valence-electron chi connectivity index (χ4n) is 1.36. The predicted molar refractivity (Wildman–Crippen MR) is 63.6 cm³/mol. The summed E-state index contributed by atoms with van der Waals surface area (Å²) in [6.07, 6.45) is 11.0. The molecule has 0 rings (SSSR count). The molecule has 15 heavy (non-hydrogen) atoms. The Morgan fingerprint density at radius 3 is 2.73 bits per heavy atom. The van der Waals surface area contributed by atoms with Gasteiger partial charge in [-0.05, 0) is 13.3 Å². The Kier molecular flexibility index (Phi) is 8.66. The molecule has 0 aromatic rings. The van der Waals surface area contributed by atoms with E-state index >= 15 is 0 Å². The molecule has 2 N–H and O–H groups in total. The molecule has 1 atom stereocenters. The van der Waals surface area contributed by atoms with Crippen molar-refractivity contribution in [2.75, 3.05) is 6.54 Å². The van der Waals surface area contributed by atoms with Crippen molar-refractivity contribution < 1.29 is 4.79 Å². The van der Waals surface area contributed by atoms with Crippen LogP contribution in [0.5, 0.6) is 0 Å². The van der Waals surface area contributed by atoms with Gasteiger partial charge in [0, 0.05) is 6.04 Å². The highest BCUT2D eigenvalue weighted by atomic mass is 16.2. The van der Waals surface area contributed by atoms with Crippen LogP contribution in [0, 0.1) is 12.3 Å². The number of unbranched alkanes of at least 4 members (excludes halogenated alkanes) is 3.